The molecular formula is C12H18N2O3S. The van der Waals surface area contributed by atoms with E-state index in [1.54, 1.807) is 12.1 Å². The zero-order chi connectivity index (χ0) is 13.4. The second-order valence-corrected chi connectivity index (χ2v) is 6.76. The van der Waals surface area contributed by atoms with Crippen molar-refractivity contribution < 1.29 is 13.5 Å². The van der Waals surface area contributed by atoms with Gasteiger partial charge in [0.25, 0.3) is 0 Å². The van der Waals surface area contributed by atoms with Crippen LogP contribution in [0.1, 0.15) is 18.4 Å². The number of aliphatic hydroxyl groups is 1. The number of hydrogen-bond acceptors (Lipinski definition) is 4. The SMILES string of the molecule is Cc1ccc(S(=O)(=O)NCC2(CO)CC2)c(N)c1. The van der Waals surface area contributed by atoms with E-state index in [4.69, 9.17) is 10.8 Å². The molecule has 100 valence electrons. The molecule has 1 saturated carbocycles. The van der Waals surface area contributed by atoms with Crippen LogP contribution in [0.25, 0.3) is 0 Å². The van der Waals surface area contributed by atoms with Crippen molar-refractivity contribution in [2.75, 3.05) is 18.9 Å². The van der Waals surface area contributed by atoms with E-state index in [-0.39, 0.29) is 29.1 Å². The summed E-state index contributed by atoms with van der Waals surface area (Å²) in [4.78, 5) is 0.0989. The third kappa shape index (κ3) is 2.66. The summed E-state index contributed by atoms with van der Waals surface area (Å²) in [6.45, 7) is 2.13. The van der Waals surface area contributed by atoms with E-state index >= 15 is 0 Å². The van der Waals surface area contributed by atoms with Gasteiger partial charge in [0.1, 0.15) is 4.90 Å². The zero-order valence-corrected chi connectivity index (χ0v) is 11.1. The van der Waals surface area contributed by atoms with Gasteiger partial charge >= 0.3 is 0 Å². The molecule has 6 heteroatoms. The number of sulfonamides is 1. The van der Waals surface area contributed by atoms with E-state index in [1.165, 1.54) is 6.07 Å². The molecule has 0 aromatic heterocycles. The Morgan fingerprint density at radius 3 is 2.61 bits per heavy atom. The van der Waals surface area contributed by atoms with Crippen LogP contribution in [-0.2, 0) is 10.0 Å². The van der Waals surface area contributed by atoms with Gasteiger partial charge in [0.2, 0.25) is 10.0 Å². The molecule has 1 aliphatic carbocycles. The minimum Gasteiger partial charge on any atom is -0.398 e. The summed E-state index contributed by atoms with van der Waals surface area (Å²) in [5, 5.41) is 9.16. The summed E-state index contributed by atoms with van der Waals surface area (Å²) in [6.07, 6.45) is 1.71. The van der Waals surface area contributed by atoms with Gasteiger partial charge in [-0.25, -0.2) is 13.1 Å². The Kier molecular flexibility index (Phi) is 3.35. The van der Waals surface area contributed by atoms with E-state index in [0.29, 0.717) is 0 Å². The summed E-state index contributed by atoms with van der Waals surface area (Å²) in [7, 11) is -3.60. The molecule has 5 nitrogen and oxygen atoms in total. The number of nitrogens with one attached hydrogen (secondary N) is 1. The van der Waals surface area contributed by atoms with Gasteiger partial charge in [0.15, 0.2) is 0 Å². The summed E-state index contributed by atoms with van der Waals surface area (Å²) in [5.41, 5.74) is 6.63. The largest absolute Gasteiger partial charge is 0.398 e. The number of nitrogens with two attached hydrogens (primary N) is 1. The molecular weight excluding hydrogens is 252 g/mol. The van der Waals surface area contributed by atoms with Crippen molar-refractivity contribution in [3.8, 4) is 0 Å². The number of nitrogen functional groups attached to an aromatic ring is 1. The summed E-state index contributed by atoms with van der Waals surface area (Å²) >= 11 is 0. The maximum Gasteiger partial charge on any atom is 0.242 e. The Bertz CT molecular complexity index is 550. The Morgan fingerprint density at radius 1 is 1.44 bits per heavy atom. The monoisotopic (exact) mass is 270 g/mol. The fourth-order valence-electron chi connectivity index (χ4n) is 1.81. The fraction of sp³-hybridized carbons (Fsp3) is 0.500. The number of hydrogen-bond donors (Lipinski definition) is 3. The molecule has 0 atom stereocenters. The average Bonchev–Trinajstić information content (AvgIpc) is 3.07. The first-order valence-corrected chi connectivity index (χ1v) is 7.34. The van der Waals surface area contributed by atoms with E-state index in [1.807, 2.05) is 6.92 Å². The maximum absolute atomic E-state index is 12.1. The second-order valence-electron chi connectivity index (χ2n) is 5.02. The lowest BCUT2D eigenvalue weighted by atomic mass is 10.1. The molecule has 0 unspecified atom stereocenters. The molecule has 0 bridgehead atoms. The van der Waals surface area contributed by atoms with Crippen LogP contribution >= 0.6 is 0 Å². The van der Waals surface area contributed by atoms with Crippen molar-refractivity contribution in [3.63, 3.8) is 0 Å². The summed E-state index contributed by atoms with van der Waals surface area (Å²) < 4.78 is 26.7. The molecule has 4 N–H and O–H groups in total. The first kappa shape index (κ1) is 13.3. The van der Waals surface area contributed by atoms with Gasteiger partial charge in [-0.05, 0) is 37.5 Å². The Balaban J connectivity index is 2.15. The maximum atomic E-state index is 12.1. The van der Waals surface area contributed by atoms with Gasteiger partial charge in [-0.1, -0.05) is 6.07 Å². The minimum atomic E-state index is -3.60. The average molecular weight is 270 g/mol. The van der Waals surface area contributed by atoms with Crippen LogP contribution in [0.5, 0.6) is 0 Å². The van der Waals surface area contributed by atoms with E-state index in [0.717, 1.165) is 18.4 Å². The number of anilines is 1. The molecule has 1 aliphatic rings. The quantitative estimate of drug-likeness (QED) is 0.684. The van der Waals surface area contributed by atoms with Crippen molar-refractivity contribution in [2.45, 2.75) is 24.7 Å². The zero-order valence-electron chi connectivity index (χ0n) is 10.3. The minimum absolute atomic E-state index is 0.0128. The molecule has 0 radical (unpaired) electrons. The number of rotatable bonds is 5. The predicted octanol–water partition coefficient (Wildman–Crippen LogP) is 0.628. The molecule has 0 heterocycles. The van der Waals surface area contributed by atoms with E-state index < -0.39 is 10.0 Å². The second kappa shape index (κ2) is 4.53. The Labute approximate surface area is 107 Å². The highest BCUT2D eigenvalue weighted by Gasteiger charge is 2.42. The lowest BCUT2D eigenvalue weighted by Gasteiger charge is -2.14. The van der Waals surface area contributed by atoms with Crippen LogP contribution in [0.2, 0.25) is 0 Å². The lowest BCUT2D eigenvalue weighted by molar-refractivity contribution is 0.213. The molecule has 18 heavy (non-hydrogen) atoms. The molecule has 0 spiro atoms. The highest BCUT2D eigenvalue weighted by molar-refractivity contribution is 7.89. The first-order valence-electron chi connectivity index (χ1n) is 5.85. The number of benzene rings is 1. The first-order chi connectivity index (χ1) is 8.38. The molecule has 2 rings (SSSR count). The van der Waals surface area contributed by atoms with Crippen molar-refractivity contribution in [3.05, 3.63) is 23.8 Å². The van der Waals surface area contributed by atoms with Crippen LogP contribution < -0.4 is 10.5 Å². The third-order valence-electron chi connectivity index (χ3n) is 3.38. The number of aryl methyl sites for hydroxylation is 1. The van der Waals surface area contributed by atoms with Gasteiger partial charge < -0.3 is 10.8 Å². The predicted molar refractivity (Wildman–Crippen MR) is 69.5 cm³/mol. The third-order valence-corrected chi connectivity index (χ3v) is 4.86. The highest BCUT2D eigenvalue weighted by atomic mass is 32.2. The molecule has 1 aromatic rings. The van der Waals surface area contributed by atoms with Crippen LogP contribution in [-0.4, -0.2) is 26.7 Å². The van der Waals surface area contributed by atoms with Crippen LogP contribution in [0.4, 0.5) is 5.69 Å². The molecule has 0 amide bonds. The fourth-order valence-corrected chi connectivity index (χ4v) is 3.07. The van der Waals surface area contributed by atoms with Crippen molar-refractivity contribution in [1.82, 2.24) is 4.72 Å². The number of aliphatic hydroxyl groups excluding tert-OH is 1. The van der Waals surface area contributed by atoms with E-state index in [9.17, 15) is 8.42 Å². The normalized spacial score (nSPS) is 17.7. The van der Waals surface area contributed by atoms with Crippen LogP contribution in [0.15, 0.2) is 23.1 Å². The topological polar surface area (TPSA) is 92.4 Å². The smallest absolute Gasteiger partial charge is 0.242 e. The van der Waals surface area contributed by atoms with Gasteiger partial charge in [-0.3, -0.25) is 0 Å². The van der Waals surface area contributed by atoms with Crippen molar-refractivity contribution in [1.29, 1.82) is 0 Å². The Morgan fingerprint density at radius 2 is 2.11 bits per heavy atom. The van der Waals surface area contributed by atoms with Crippen molar-refractivity contribution in [2.24, 2.45) is 5.41 Å². The van der Waals surface area contributed by atoms with E-state index in [2.05, 4.69) is 4.72 Å². The van der Waals surface area contributed by atoms with Gasteiger partial charge in [-0.2, -0.15) is 0 Å². The summed E-state index contributed by atoms with van der Waals surface area (Å²) in [5.74, 6) is 0. The van der Waals surface area contributed by atoms with Crippen molar-refractivity contribution >= 4 is 15.7 Å². The summed E-state index contributed by atoms with van der Waals surface area (Å²) in [6, 6.07) is 4.85. The highest BCUT2D eigenvalue weighted by Crippen LogP contribution is 2.44. The molecule has 1 fully saturated rings. The Hall–Kier alpha value is -1.11. The molecule has 1 aromatic carbocycles. The standard InChI is InChI=1S/C12H18N2O3S/c1-9-2-3-11(10(13)6-9)18(16,17)14-7-12(8-15)4-5-12/h2-3,6,14-15H,4-5,7-8,13H2,1H3. The van der Waals surface area contributed by atoms with Gasteiger partial charge in [0, 0.05) is 18.6 Å². The van der Waals surface area contributed by atoms with Crippen LogP contribution in [0.3, 0.4) is 0 Å². The van der Waals surface area contributed by atoms with Crippen LogP contribution in [0, 0.1) is 12.3 Å². The molecule has 0 aliphatic heterocycles. The van der Waals surface area contributed by atoms with Gasteiger partial charge in [0.05, 0.1) is 5.69 Å². The van der Waals surface area contributed by atoms with Gasteiger partial charge in [-0.15, -0.1) is 0 Å². The molecule has 0 saturated heterocycles. The lowest BCUT2D eigenvalue weighted by Crippen LogP contribution is -2.32.